The molecule has 0 aliphatic rings. The molecule has 28 heavy (non-hydrogen) atoms. The number of nitrogens with one attached hydrogen (secondary N) is 2. The molecular weight excluding hydrogens is 354 g/mol. The molecule has 0 aliphatic carbocycles. The minimum absolute atomic E-state index is 0.115. The highest BCUT2D eigenvalue weighted by molar-refractivity contribution is 5.79. The number of fused-ring (bicyclic) bond motifs is 2. The van der Waals surface area contributed by atoms with E-state index in [4.69, 9.17) is 0 Å². The molecule has 2 aromatic carbocycles. The molecule has 0 bridgehead atoms. The van der Waals surface area contributed by atoms with E-state index in [0.717, 1.165) is 16.9 Å². The van der Waals surface area contributed by atoms with Crippen molar-refractivity contribution in [3.8, 4) is 0 Å². The lowest BCUT2D eigenvalue weighted by Gasteiger charge is -2.14. The van der Waals surface area contributed by atoms with Crippen LogP contribution in [0.5, 0.6) is 0 Å². The summed E-state index contributed by atoms with van der Waals surface area (Å²) in [7, 11) is 1.94. The summed E-state index contributed by atoms with van der Waals surface area (Å²) in [6.45, 7) is 1.91. The van der Waals surface area contributed by atoms with Gasteiger partial charge in [-0.1, -0.05) is 24.3 Å². The Morgan fingerprint density at radius 2 is 1.82 bits per heavy atom. The third-order valence-corrected chi connectivity index (χ3v) is 4.84. The van der Waals surface area contributed by atoms with E-state index in [-0.39, 0.29) is 23.9 Å². The highest BCUT2D eigenvalue weighted by Gasteiger charge is 2.16. The molecular formula is C21H21N5O2. The molecule has 7 heteroatoms. The number of para-hydroxylation sites is 3. The van der Waals surface area contributed by atoms with E-state index in [1.54, 1.807) is 18.2 Å². The number of benzene rings is 2. The van der Waals surface area contributed by atoms with Crippen LogP contribution in [0.15, 0.2) is 53.3 Å². The van der Waals surface area contributed by atoms with Gasteiger partial charge in [0, 0.05) is 19.9 Å². The third-order valence-electron chi connectivity index (χ3n) is 4.84. The number of imidazole rings is 1. The molecule has 0 saturated carbocycles. The molecule has 1 atom stereocenters. The van der Waals surface area contributed by atoms with Crippen molar-refractivity contribution in [2.45, 2.75) is 25.8 Å². The van der Waals surface area contributed by atoms with Crippen molar-refractivity contribution in [3.63, 3.8) is 0 Å². The highest BCUT2D eigenvalue weighted by Crippen LogP contribution is 2.19. The number of carbonyl (C=O) groups is 1. The van der Waals surface area contributed by atoms with Gasteiger partial charge in [0.1, 0.15) is 11.6 Å². The Morgan fingerprint density at radius 3 is 2.61 bits per heavy atom. The van der Waals surface area contributed by atoms with Gasteiger partial charge in [0.25, 0.3) is 5.56 Å². The molecule has 4 aromatic rings. The summed E-state index contributed by atoms with van der Waals surface area (Å²) in [5.74, 6) is 1.19. The van der Waals surface area contributed by atoms with Gasteiger partial charge in [-0.15, -0.1) is 0 Å². The first-order chi connectivity index (χ1) is 13.5. The number of hydrogen-bond donors (Lipinski definition) is 2. The predicted octanol–water partition coefficient (Wildman–Crippen LogP) is 2.62. The molecule has 4 rings (SSSR count). The molecule has 2 heterocycles. The molecule has 2 N–H and O–H groups in total. The zero-order chi connectivity index (χ0) is 19.7. The first-order valence-electron chi connectivity index (χ1n) is 9.21. The van der Waals surface area contributed by atoms with Crippen molar-refractivity contribution in [2.75, 3.05) is 0 Å². The van der Waals surface area contributed by atoms with Crippen LogP contribution in [0.2, 0.25) is 0 Å². The Hall–Kier alpha value is -3.48. The van der Waals surface area contributed by atoms with Crippen LogP contribution in [0.1, 0.15) is 31.0 Å². The normalized spacial score (nSPS) is 12.4. The first-order valence-corrected chi connectivity index (χ1v) is 9.21. The number of H-pyrrole nitrogens is 1. The van der Waals surface area contributed by atoms with E-state index in [1.807, 2.05) is 48.9 Å². The van der Waals surface area contributed by atoms with Crippen molar-refractivity contribution in [1.29, 1.82) is 0 Å². The summed E-state index contributed by atoms with van der Waals surface area (Å²) in [6.07, 6.45) is 0.594. The summed E-state index contributed by atoms with van der Waals surface area (Å²) in [6, 6.07) is 14.8. The average molecular weight is 375 g/mol. The van der Waals surface area contributed by atoms with Gasteiger partial charge in [-0.3, -0.25) is 9.59 Å². The van der Waals surface area contributed by atoms with E-state index < -0.39 is 0 Å². The van der Waals surface area contributed by atoms with E-state index in [2.05, 4.69) is 20.3 Å². The predicted molar refractivity (Wildman–Crippen MR) is 108 cm³/mol. The van der Waals surface area contributed by atoms with Gasteiger partial charge >= 0.3 is 0 Å². The van der Waals surface area contributed by atoms with Crippen molar-refractivity contribution in [1.82, 2.24) is 24.8 Å². The Balaban J connectivity index is 1.44. The topological polar surface area (TPSA) is 92.7 Å². The Morgan fingerprint density at radius 1 is 1.11 bits per heavy atom. The second kappa shape index (κ2) is 7.26. The summed E-state index contributed by atoms with van der Waals surface area (Å²) in [4.78, 5) is 36.3. The quantitative estimate of drug-likeness (QED) is 0.561. The Kier molecular flexibility index (Phi) is 4.65. The van der Waals surface area contributed by atoms with Crippen LogP contribution in [0, 0.1) is 0 Å². The molecule has 2 aromatic heterocycles. The molecule has 0 saturated heterocycles. The maximum absolute atomic E-state index is 12.4. The molecule has 0 spiro atoms. The second-order valence-corrected chi connectivity index (χ2v) is 6.84. The fourth-order valence-corrected chi connectivity index (χ4v) is 3.41. The minimum Gasteiger partial charge on any atom is -0.346 e. The number of aromatic amines is 1. The number of rotatable bonds is 5. The molecule has 0 fully saturated rings. The number of amides is 1. The van der Waals surface area contributed by atoms with Gasteiger partial charge in [-0.25, -0.2) is 9.97 Å². The summed E-state index contributed by atoms with van der Waals surface area (Å²) < 4.78 is 1.99. The molecule has 142 valence electrons. The van der Waals surface area contributed by atoms with Crippen LogP contribution in [-0.4, -0.2) is 25.4 Å². The molecule has 0 unspecified atom stereocenters. The zero-order valence-electron chi connectivity index (χ0n) is 15.8. The number of nitrogens with zero attached hydrogens (tertiary/aromatic N) is 3. The number of aromatic nitrogens is 4. The molecule has 0 radical (unpaired) electrons. The largest absolute Gasteiger partial charge is 0.346 e. The monoisotopic (exact) mass is 375 g/mol. The van der Waals surface area contributed by atoms with Gasteiger partial charge in [0.15, 0.2) is 0 Å². The Labute approximate surface area is 161 Å². The van der Waals surface area contributed by atoms with Crippen LogP contribution < -0.4 is 10.9 Å². The third kappa shape index (κ3) is 3.38. The molecule has 1 amide bonds. The van der Waals surface area contributed by atoms with Crippen molar-refractivity contribution < 1.29 is 4.79 Å². The number of aryl methyl sites for hydroxylation is 2. The lowest BCUT2D eigenvalue weighted by molar-refractivity contribution is -0.121. The smallest absolute Gasteiger partial charge is 0.258 e. The second-order valence-electron chi connectivity index (χ2n) is 6.84. The van der Waals surface area contributed by atoms with Gasteiger partial charge in [0.05, 0.1) is 28.0 Å². The average Bonchev–Trinajstić information content (AvgIpc) is 3.03. The van der Waals surface area contributed by atoms with Crippen LogP contribution in [0.4, 0.5) is 0 Å². The van der Waals surface area contributed by atoms with Crippen LogP contribution in [-0.2, 0) is 18.3 Å². The Bertz CT molecular complexity index is 1220. The summed E-state index contributed by atoms with van der Waals surface area (Å²) in [5, 5.41) is 3.53. The zero-order valence-corrected chi connectivity index (χ0v) is 15.8. The lowest BCUT2D eigenvalue weighted by atomic mass is 10.2. The van der Waals surface area contributed by atoms with Crippen LogP contribution in [0.3, 0.4) is 0 Å². The molecule has 0 aliphatic heterocycles. The van der Waals surface area contributed by atoms with E-state index in [9.17, 15) is 9.59 Å². The molecule has 7 nitrogen and oxygen atoms in total. The van der Waals surface area contributed by atoms with Crippen LogP contribution >= 0.6 is 0 Å². The highest BCUT2D eigenvalue weighted by atomic mass is 16.1. The maximum atomic E-state index is 12.4. The first kappa shape index (κ1) is 17.9. The van der Waals surface area contributed by atoms with Gasteiger partial charge in [-0.2, -0.15) is 0 Å². The van der Waals surface area contributed by atoms with Crippen LogP contribution in [0.25, 0.3) is 21.9 Å². The van der Waals surface area contributed by atoms with Gasteiger partial charge < -0.3 is 14.9 Å². The summed E-state index contributed by atoms with van der Waals surface area (Å²) >= 11 is 0. The van der Waals surface area contributed by atoms with E-state index in [1.165, 1.54) is 0 Å². The van der Waals surface area contributed by atoms with Crippen molar-refractivity contribution in [3.05, 3.63) is 70.5 Å². The fourth-order valence-electron chi connectivity index (χ4n) is 3.41. The fraction of sp³-hybridized carbons (Fsp3) is 0.238. The SMILES string of the molecule is C[C@@H](NC(=O)CCc1nc2ccccc2c(=O)[nH]1)c1nc2ccccc2n1C. The maximum Gasteiger partial charge on any atom is 0.258 e. The number of carbonyl (C=O) groups excluding carboxylic acids is 1. The number of hydrogen-bond acceptors (Lipinski definition) is 4. The standard InChI is InChI=1S/C21H21N5O2/c1-13(20-24-16-9-5-6-10-17(16)26(20)2)22-19(27)12-11-18-23-15-8-4-3-7-14(15)21(28)25-18/h3-10,13H,11-12H2,1-2H3,(H,22,27)(H,23,25,28)/t13-/m1/s1. The van der Waals surface area contributed by atoms with E-state index in [0.29, 0.717) is 23.1 Å². The van der Waals surface area contributed by atoms with Gasteiger partial charge in [0.2, 0.25) is 5.91 Å². The summed E-state index contributed by atoms with van der Waals surface area (Å²) in [5.41, 5.74) is 2.37. The van der Waals surface area contributed by atoms with Crippen molar-refractivity contribution in [2.24, 2.45) is 7.05 Å². The van der Waals surface area contributed by atoms with Crippen molar-refractivity contribution >= 4 is 27.8 Å². The van der Waals surface area contributed by atoms with E-state index >= 15 is 0 Å². The minimum atomic E-state index is -0.228. The lowest BCUT2D eigenvalue weighted by Crippen LogP contribution is -2.29. The van der Waals surface area contributed by atoms with Gasteiger partial charge in [-0.05, 0) is 31.2 Å².